The highest BCUT2D eigenvalue weighted by atomic mass is 16.1. The maximum Gasteiger partial charge on any atom is 0.138 e. The van der Waals surface area contributed by atoms with Crippen molar-refractivity contribution >= 4 is 5.78 Å². The second-order valence-corrected chi connectivity index (χ2v) is 7.78. The van der Waals surface area contributed by atoms with Gasteiger partial charge in [-0.05, 0) is 33.7 Å². The Hall–Kier alpha value is -0.410. The highest BCUT2D eigenvalue weighted by Gasteiger charge is 2.26. The molecule has 19 heavy (non-hydrogen) atoms. The molecule has 1 fully saturated rings. The van der Waals surface area contributed by atoms with Gasteiger partial charge in [0.2, 0.25) is 0 Å². The van der Waals surface area contributed by atoms with Gasteiger partial charge in [-0.25, -0.2) is 0 Å². The summed E-state index contributed by atoms with van der Waals surface area (Å²) in [5, 5.41) is 0. The highest BCUT2D eigenvalue weighted by molar-refractivity contribution is 5.83. The zero-order valence-corrected chi connectivity index (χ0v) is 13.8. The minimum atomic E-state index is -0.176. The lowest BCUT2D eigenvalue weighted by Gasteiger charge is -2.42. The first kappa shape index (κ1) is 16.6. The molecule has 0 spiro atoms. The Morgan fingerprint density at radius 1 is 0.947 bits per heavy atom. The molecule has 0 unspecified atom stereocenters. The largest absolute Gasteiger partial charge is 0.301 e. The average molecular weight is 268 g/mol. The second kappa shape index (κ2) is 6.36. The Labute approximate surface area is 119 Å². The molecule has 1 rings (SSSR count). The molecule has 0 aliphatic carbocycles. The number of nitrogens with zero attached hydrogens (tertiary/aromatic N) is 2. The molecule has 0 aromatic heterocycles. The van der Waals surface area contributed by atoms with Crippen LogP contribution in [0.1, 0.15) is 54.4 Å². The van der Waals surface area contributed by atoms with Crippen LogP contribution in [0.15, 0.2) is 0 Å². The fraction of sp³-hybridized carbons (Fsp3) is 0.938. The molecule has 112 valence electrons. The fourth-order valence-electron chi connectivity index (χ4n) is 2.48. The number of carbonyl (C=O) groups is 1. The Morgan fingerprint density at radius 2 is 1.47 bits per heavy atom. The van der Waals surface area contributed by atoms with E-state index in [1.165, 1.54) is 0 Å². The van der Waals surface area contributed by atoms with E-state index in [-0.39, 0.29) is 11.0 Å². The van der Waals surface area contributed by atoms with Gasteiger partial charge in [0.05, 0.1) is 0 Å². The molecule has 0 radical (unpaired) electrons. The molecule has 1 saturated heterocycles. The van der Waals surface area contributed by atoms with Gasteiger partial charge in [0.15, 0.2) is 0 Å². The van der Waals surface area contributed by atoms with Gasteiger partial charge in [-0.15, -0.1) is 0 Å². The normalized spacial score (nSPS) is 19.7. The van der Waals surface area contributed by atoms with Crippen molar-refractivity contribution in [3.63, 3.8) is 0 Å². The summed E-state index contributed by atoms with van der Waals surface area (Å²) in [5.41, 5.74) is 0.110. The Kier molecular flexibility index (Phi) is 5.57. The van der Waals surface area contributed by atoms with Crippen molar-refractivity contribution in [1.82, 2.24) is 9.80 Å². The number of ketones is 1. The summed E-state index contributed by atoms with van der Waals surface area (Å²) in [5.74, 6) is 0.390. The average Bonchev–Trinajstić information content (AvgIpc) is 2.27. The molecular formula is C16H32N2O. The van der Waals surface area contributed by atoms with E-state index in [1.807, 2.05) is 20.8 Å². The van der Waals surface area contributed by atoms with Gasteiger partial charge in [-0.2, -0.15) is 0 Å². The third-order valence-corrected chi connectivity index (χ3v) is 4.04. The number of carbonyl (C=O) groups excluding carboxylic acids is 1. The lowest BCUT2D eigenvalue weighted by atomic mass is 9.88. The fourth-order valence-corrected chi connectivity index (χ4v) is 2.48. The van der Waals surface area contributed by atoms with E-state index < -0.39 is 0 Å². The number of hydrogen-bond acceptors (Lipinski definition) is 3. The quantitative estimate of drug-likeness (QED) is 0.783. The maximum absolute atomic E-state index is 11.9. The Balaban J connectivity index is 2.22. The van der Waals surface area contributed by atoms with Gasteiger partial charge in [-0.1, -0.05) is 20.8 Å². The van der Waals surface area contributed by atoms with Crippen LogP contribution >= 0.6 is 0 Å². The summed E-state index contributed by atoms with van der Waals surface area (Å²) >= 11 is 0. The molecule has 1 aliphatic heterocycles. The summed E-state index contributed by atoms with van der Waals surface area (Å²) in [6.07, 6.45) is 1.73. The van der Waals surface area contributed by atoms with Crippen molar-refractivity contribution in [2.24, 2.45) is 5.41 Å². The zero-order valence-electron chi connectivity index (χ0n) is 13.8. The molecule has 0 aromatic carbocycles. The van der Waals surface area contributed by atoms with Crippen LogP contribution in [0.2, 0.25) is 0 Å². The first-order valence-electron chi connectivity index (χ1n) is 7.61. The van der Waals surface area contributed by atoms with E-state index in [1.54, 1.807) is 0 Å². The number of piperazine rings is 1. The lowest BCUT2D eigenvalue weighted by molar-refractivity contribution is -0.126. The predicted molar refractivity (Wildman–Crippen MR) is 81.5 cm³/mol. The molecule has 1 aliphatic rings. The summed E-state index contributed by atoms with van der Waals surface area (Å²) in [6, 6.07) is 0. The summed E-state index contributed by atoms with van der Waals surface area (Å²) in [7, 11) is 0. The minimum Gasteiger partial charge on any atom is -0.301 e. The standard InChI is InChI=1S/C16H32N2O/c1-15(2,3)14(19)8-7-9-17-10-12-18(13-11-17)16(4,5)6/h7-13H2,1-6H3. The molecule has 0 amide bonds. The molecule has 3 heteroatoms. The first-order valence-corrected chi connectivity index (χ1v) is 7.61. The lowest BCUT2D eigenvalue weighted by Crippen LogP contribution is -2.53. The Morgan fingerprint density at radius 3 is 1.89 bits per heavy atom. The van der Waals surface area contributed by atoms with Crippen molar-refractivity contribution in [3.8, 4) is 0 Å². The van der Waals surface area contributed by atoms with Crippen molar-refractivity contribution in [3.05, 3.63) is 0 Å². The molecule has 0 N–H and O–H groups in total. The third-order valence-electron chi connectivity index (χ3n) is 4.04. The van der Waals surface area contributed by atoms with Gasteiger partial charge >= 0.3 is 0 Å². The van der Waals surface area contributed by atoms with E-state index in [4.69, 9.17) is 0 Å². The highest BCUT2D eigenvalue weighted by Crippen LogP contribution is 2.19. The van der Waals surface area contributed by atoms with Crippen LogP contribution in [-0.2, 0) is 4.79 Å². The third kappa shape index (κ3) is 5.62. The van der Waals surface area contributed by atoms with Crippen molar-refractivity contribution in [2.45, 2.75) is 59.9 Å². The molecule has 0 saturated carbocycles. The maximum atomic E-state index is 11.9. The minimum absolute atomic E-state index is 0.176. The van der Waals surface area contributed by atoms with Crippen LogP contribution in [0.25, 0.3) is 0 Å². The van der Waals surface area contributed by atoms with Gasteiger partial charge in [0.1, 0.15) is 5.78 Å². The second-order valence-electron chi connectivity index (χ2n) is 7.78. The van der Waals surface area contributed by atoms with Crippen LogP contribution in [0.5, 0.6) is 0 Å². The summed E-state index contributed by atoms with van der Waals surface area (Å²) in [6.45, 7) is 18.5. The van der Waals surface area contributed by atoms with Gasteiger partial charge in [-0.3, -0.25) is 9.69 Å². The SMILES string of the molecule is CC(C)(C)C(=O)CCCN1CCN(C(C)(C)C)CC1. The first-order chi connectivity index (χ1) is 8.60. The van der Waals surface area contributed by atoms with Crippen LogP contribution < -0.4 is 0 Å². The predicted octanol–water partition coefficient (Wildman–Crippen LogP) is 2.80. The topological polar surface area (TPSA) is 23.6 Å². The molecule has 0 bridgehead atoms. The number of hydrogen-bond donors (Lipinski definition) is 0. The molecule has 0 aromatic rings. The zero-order chi connectivity index (χ0) is 14.7. The van der Waals surface area contributed by atoms with E-state index in [2.05, 4.69) is 30.6 Å². The summed E-state index contributed by atoms with van der Waals surface area (Å²) in [4.78, 5) is 16.9. The molecule has 3 nitrogen and oxygen atoms in total. The van der Waals surface area contributed by atoms with Crippen LogP contribution in [0, 0.1) is 5.41 Å². The van der Waals surface area contributed by atoms with Crippen LogP contribution in [0.3, 0.4) is 0 Å². The van der Waals surface area contributed by atoms with Gasteiger partial charge in [0.25, 0.3) is 0 Å². The smallest absolute Gasteiger partial charge is 0.138 e. The van der Waals surface area contributed by atoms with E-state index in [0.717, 1.165) is 45.6 Å². The number of rotatable bonds is 4. The molecule has 1 heterocycles. The van der Waals surface area contributed by atoms with Crippen LogP contribution in [0.4, 0.5) is 0 Å². The van der Waals surface area contributed by atoms with Crippen molar-refractivity contribution in [2.75, 3.05) is 32.7 Å². The Bertz CT molecular complexity index is 291. The molecular weight excluding hydrogens is 236 g/mol. The monoisotopic (exact) mass is 268 g/mol. The van der Waals surface area contributed by atoms with Crippen molar-refractivity contribution < 1.29 is 4.79 Å². The van der Waals surface area contributed by atoms with Gasteiger partial charge in [0, 0.05) is 43.6 Å². The van der Waals surface area contributed by atoms with E-state index in [9.17, 15) is 4.79 Å². The van der Waals surface area contributed by atoms with Crippen molar-refractivity contribution in [1.29, 1.82) is 0 Å². The van der Waals surface area contributed by atoms with E-state index in [0.29, 0.717) is 5.78 Å². The van der Waals surface area contributed by atoms with Gasteiger partial charge < -0.3 is 4.90 Å². The van der Waals surface area contributed by atoms with Crippen LogP contribution in [-0.4, -0.2) is 53.8 Å². The number of Topliss-reactive ketones (excluding diaryl/α,β-unsaturated/α-hetero) is 1. The van der Waals surface area contributed by atoms with E-state index >= 15 is 0 Å². The molecule has 0 atom stereocenters. The summed E-state index contributed by atoms with van der Waals surface area (Å²) < 4.78 is 0.